The molecule has 12 heteroatoms. The molecular formula is C14H11F4N5S3. The van der Waals surface area contributed by atoms with Crippen LogP contribution in [0.2, 0.25) is 0 Å². The molecule has 0 saturated carbocycles. The van der Waals surface area contributed by atoms with Gasteiger partial charge in [-0.2, -0.15) is 17.6 Å². The zero-order valence-corrected chi connectivity index (χ0v) is 15.3. The van der Waals surface area contributed by atoms with E-state index in [2.05, 4.69) is 20.5 Å². The molecular weight excluding hydrogens is 410 g/mol. The normalized spacial score (nSPS) is 11.5. The monoisotopic (exact) mass is 421 g/mol. The molecule has 0 fully saturated rings. The lowest BCUT2D eigenvalue weighted by Crippen LogP contribution is -2.01. The van der Waals surface area contributed by atoms with E-state index < -0.39 is 12.3 Å². The molecule has 0 bridgehead atoms. The molecule has 5 nitrogen and oxygen atoms in total. The van der Waals surface area contributed by atoms with Crippen molar-refractivity contribution >= 4 is 45.7 Å². The Balaban J connectivity index is 1.57. The molecule has 138 valence electrons. The minimum atomic E-state index is -2.63. The molecule has 0 unspecified atom stereocenters. The number of thioether (sulfide) groups is 2. The van der Waals surface area contributed by atoms with E-state index in [4.69, 9.17) is 0 Å². The number of aromatic nitrogens is 4. The maximum atomic E-state index is 12.8. The summed E-state index contributed by atoms with van der Waals surface area (Å²) in [4.78, 5) is 4.37. The fourth-order valence-corrected chi connectivity index (χ4v) is 4.14. The third-order valence-electron chi connectivity index (χ3n) is 3.02. The Kier molecular flexibility index (Phi) is 6.38. The molecule has 0 aliphatic carbocycles. The van der Waals surface area contributed by atoms with E-state index in [1.807, 2.05) is 0 Å². The number of hydrogen-bond donors (Lipinski definition) is 1. The second-order valence-corrected chi connectivity index (χ2v) is 7.98. The van der Waals surface area contributed by atoms with Gasteiger partial charge in [0.1, 0.15) is 5.82 Å². The molecule has 0 aliphatic heterocycles. The first-order valence-electron chi connectivity index (χ1n) is 7.09. The van der Waals surface area contributed by atoms with Crippen LogP contribution in [0.4, 0.5) is 28.4 Å². The van der Waals surface area contributed by atoms with E-state index in [1.54, 1.807) is 24.3 Å². The van der Waals surface area contributed by atoms with Crippen molar-refractivity contribution in [1.82, 2.24) is 19.7 Å². The molecule has 2 aromatic heterocycles. The van der Waals surface area contributed by atoms with E-state index in [0.29, 0.717) is 31.8 Å². The zero-order valence-electron chi connectivity index (χ0n) is 12.9. The number of rotatable bonds is 8. The Morgan fingerprint density at radius 2 is 1.88 bits per heavy atom. The van der Waals surface area contributed by atoms with Gasteiger partial charge in [-0.3, -0.25) is 4.57 Å². The summed E-state index contributed by atoms with van der Waals surface area (Å²) < 4.78 is 51.5. The molecule has 26 heavy (non-hydrogen) atoms. The van der Waals surface area contributed by atoms with Gasteiger partial charge in [-0.05, 0) is 24.3 Å². The number of alkyl halides is 4. The summed E-state index contributed by atoms with van der Waals surface area (Å²) in [6.45, 7) is -2.63. The van der Waals surface area contributed by atoms with Gasteiger partial charge < -0.3 is 5.32 Å². The molecule has 3 aromatic rings. The van der Waals surface area contributed by atoms with Gasteiger partial charge in [0.25, 0.3) is 5.76 Å². The number of imidazole rings is 1. The smallest absolute Gasteiger partial charge is 0.319 e. The van der Waals surface area contributed by atoms with Gasteiger partial charge in [0.2, 0.25) is 5.13 Å². The van der Waals surface area contributed by atoms with Gasteiger partial charge in [-0.25, -0.2) is 4.98 Å². The predicted molar refractivity (Wildman–Crippen MR) is 94.5 cm³/mol. The minimum absolute atomic E-state index is 0.242. The van der Waals surface area contributed by atoms with Crippen LogP contribution in [0.5, 0.6) is 0 Å². The summed E-state index contributed by atoms with van der Waals surface area (Å²) in [7, 11) is 0. The molecule has 0 amide bonds. The summed E-state index contributed by atoms with van der Waals surface area (Å²) in [5, 5.41) is 11.5. The number of anilines is 2. The Morgan fingerprint density at radius 1 is 1.12 bits per heavy atom. The standard InChI is InChI=1S/C14H11F4N5S3/c15-11(16)23-6-5-19-10(23)7-24-14-22-21-13(26-14)20-8-1-3-9(4-2-8)25-12(17)18/h1-6,11-12H,7H2,(H,20,21). The largest absolute Gasteiger partial charge is 0.330 e. The summed E-state index contributed by atoms with van der Waals surface area (Å²) in [6, 6.07) is 6.50. The van der Waals surface area contributed by atoms with Gasteiger partial charge in [0.15, 0.2) is 4.34 Å². The highest BCUT2D eigenvalue weighted by Crippen LogP contribution is 2.31. The fourth-order valence-electron chi connectivity index (χ4n) is 1.92. The molecule has 0 radical (unpaired) electrons. The fraction of sp³-hybridized carbons (Fsp3) is 0.214. The van der Waals surface area contributed by atoms with E-state index >= 15 is 0 Å². The average Bonchev–Trinajstić information content (AvgIpc) is 3.23. The van der Waals surface area contributed by atoms with Crippen LogP contribution in [0.25, 0.3) is 0 Å². The van der Waals surface area contributed by atoms with E-state index in [9.17, 15) is 17.6 Å². The van der Waals surface area contributed by atoms with Crippen LogP contribution in [0.15, 0.2) is 45.9 Å². The molecule has 1 aromatic carbocycles. The van der Waals surface area contributed by atoms with Crippen LogP contribution in [-0.2, 0) is 5.75 Å². The number of hydrogen-bond acceptors (Lipinski definition) is 7. The van der Waals surface area contributed by atoms with Gasteiger partial charge in [0.05, 0.1) is 5.75 Å². The minimum Gasteiger partial charge on any atom is -0.330 e. The molecule has 2 heterocycles. The first-order valence-corrected chi connectivity index (χ1v) is 9.77. The summed E-state index contributed by atoms with van der Waals surface area (Å²) in [6.07, 6.45) is 2.55. The van der Waals surface area contributed by atoms with Crippen molar-refractivity contribution in [2.24, 2.45) is 0 Å². The summed E-state index contributed by atoms with van der Waals surface area (Å²) in [5.41, 5.74) is 0.685. The second-order valence-electron chi connectivity index (χ2n) is 4.72. The lowest BCUT2D eigenvalue weighted by Gasteiger charge is -2.04. The van der Waals surface area contributed by atoms with Crippen molar-refractivity contribution in [2.45, 2.75) is 27.3 Å². The van der Waals surface area contributed by atoms with Gasteiger partial charge in [0, 0.05) is 23.0 Å². The summed E-state index contributed by atoms with van der Waals surface area (Å²) >= 11 is 2.99. The highest BCUT2D eigenvalue weighted by molar-refractivity contribution is 8.00. The SMILES string of the molecule is FC(F)Sc1ccc(Nc2nnc(SCc3nccn3C(F)F)s2)cc1. The Hall–Kier alpha value is -1.79. The first-order chi connectivity index (χ1) is 12.5. The summed E-state index contributed by atoms with van der Waals surface area (Å²) in [5.74, 6) is -1.97. The van der Waals surface area contributed by atoms with Gasteiger partial charge in [-0.1, -0.05) is 34.9 Å². The Bertz CT molecular complexity index is 837. The molecule has 0 atom stereocenters. The number of benzene rings is 1. The lowest BCUT2D eigenvalue weighted by molar-refractivity contribution is 0.0678. The van der Waals surface area contributed by atoms with E-state index in [-0.39, 0.29) is 11.6 Å². The van der Waals surface area contributed by atoms with Crippen molar-refractivity contribution in [2.75, 3.05) is 5.32 Å². The second kappa shape index (κ2) is 8.73. The first kappa shape index (κ1) is 19.0. The molecule has 3 rings (SSSR count). The Morgan fingerprint density at radius 3 is 2.58 bits per heavy atom. The van der Waals surface area contributed by atoms with Crippen LogP contribution in [0.1, 0.15) is 12.4 Å². The number of halogens is 4. The molecule has 0 aliphatic rings. The van der Waals surface area contributed by atoms with Crippen molar-refractivity contribution in [3.8, 4) is 0 Å². The third-order valence-corrected chi connectivity index (χ3v) is 5.71. The zero-order chi connectivity index (χ0) is 18.5. The number of nitrogens with zero attached hydrogens (tertiary/aromatic N) is 4. The highest BCUT2D eigenvalue weighted by atomic mass is 32.2. The van der Waals surface area contributed by atoms with Crippen molar-refractivity contribution in [3.05, 3.63) is 42.5 Å². The molecule has 1 N–H and O–H groups in total. The number of nitrogens with one attached hydrogen (secondary N) is 1. The van der Waals surface area contributed by atoms with Gasteiger partial charge in [-0.15, -0.1) is 10.2 Å². The lowest BCUT2D eigenvalue weighted by atomic mass is 10.3. The maximum absolute atomic E-state index is 12.8. The quantitative estimate of drug-likeness (QED) is 0.384. The van der Waals surface area contributed by atoms with Gasteiger partial charge >= 0.3 is 6.55 Å². The molecule has 0 spiro atoms. The predicted octanol–water partition coefficient (Wildman–Crippen LogP) is 5.48. The third kappa shape index (κ3) is 5.11. The van der Waals surface area contributed by atoms with Crippen LogP contribution in [0, 0.1) is 0 Å². The van der Waals surface area contributed by atoms with E-state index in [0.717, 1.165) is 4.57 Å². The Labute approximate surface area is 158 Å². The van der Waals surface area contributed by atoms with Crippen LogP contribution in [0.3, 0.4) is 0 Å². The van der Waals surface area contributed by atoms with Crippen molar-refractivity contribution in [3.63, 3.8) is 0 Å². The van der Waals surface area contributed by atoms with Crippen LogP contribution in [-0.4, -0.2) is 25.5 Å². The highest BCUT2D eigenvalue weighted by Gasteiger charge is 2.13. The topological polar surface area (TPSA) is 55.6 Å². The maximum Gasteiger partial charge on any atom is 0.319 e. The van der Waals surface area contributed by atoms with Crippen molar-refractivity contribution in [1.29, 1.82) is 0 Å². The van der Waals surface area contributed by atoms with Crippen LogP contribution >= 0.6 is 34.9 Å². The van der Waals surface area contributed by atoms with E-state index in [1.165, 1.54) is 35.5 Å². The van der Waals surface area contributed by atoms with Crippen LogP contribution < -0.4 is 5.32 Å². The average molecular weight is 421 g/mol. The molecule has 0 saturated heterocycles. The van der Waals surface area contributed by atoms with Crippen molar-refractivity contribution < 1.29 is 17.6 Å².